The SMILES string of the molecule is O=C(Cc1c(F)cccc1Cl)NC[C@H]1CC(c2ncn[nH]2)C[C@H]1O. The van der Waals surface area contributed by atoms with Gasteiger partial charge in [0, 0.05) is 29.0 Å². The average Bonchev–Trinajstić information content (AvgIpc) is 3.19. The summed E-state index contributed by atoms with van der Waals surface area (Å²) >= 11 is 5.92. The molecule has 1 aliphatic carbocycles. The minimum Gasteiger partial charge on any atom is -0.393 e. The van der Waals surface area contributed by atoms with E-state index in [-0.39, 0.29) is 34.7 Å². The monoisotopic (exact) mass is 352 g/mol. The van der Waals surface area contributed by atoms with Crippen LogP contribution in [0.2, 0.25) is 5.02 Å². The lowest BCUT2D eigenvalue weighted by Crippen LogP contribution is -2.33. The fourth-order valence-electron chi connectivity index (χ4n) is 3.13. The Kier molecular flexibility index (Phi) is 5.11. The van der Waals surface area contributed by atoms with Crippen LogP contribution in [0.3, 0.4) is 0 Å². The third kappa shape index (κ3) is 3.73. The summed E-state index contributed by atoms with van der Waals surface area (Å²) in [5.41, 5.74) is 0.183. The average molecular weight is 353 g/mol. The summed E-state index contributed by atoms with van der Waals surface area (Å²) in [5, 5.41) is 19.8. The molecule has 2 aromatic rings. The predicted octanol–water partition coefficient (Wildman–Crippen LogP) is 1.81. The van der Waals surface area contributed by atoms with E-state index >= 15 is 0 Å². The summed E-state index contributed by atoms with van der Waals surface area (Å²) in [7, 11) is 0. The largest absolute Gasteiger partial charge is 0.393 e. The molecular weight excluding hydrogens is 335 g/mol. The topological polar surface area (TPSA) is 90.9 Å². The maximum absolute atomic E-state index is 13.7. The number of halogens is 2. The van der Waals surface area contributed by atoms with Gasteiger partial charge in [0.1, 0.15) is 18.0 Å². The fraction of sp³-hybridized carbons (Fsp3) is 0.438. The Morgan fingerprint density at radius 1 is 1.46 bits per heavy atom. The van der Waals surface area contributed by atoms with E-state index in [1.807, 2.05) is 0 Å². The number of H-pyrrole nitrogens is 1. The van der Waals surface area contributed by atoms with Crippen molar-refractivity contribution in [3.63, 3.8) is 0 Å². The van der Waals surface area contributed by atoms with Gasteiger partial charge < -0.3 is 10.4 Å². The van der Waals surface area contributed by atoms with Gasteiger partial charge in [-0.1, -0.05) is 17.7 Å². The molecule has 24 heavy (non-hydrogen) atoms. The Bertz CT molecular complexity index is 690. The van der Waals surface area contributed by atoms with Crippen molar-refractivity contribution < 1.29 is 14.3 Å². The van der Waals surface area contributed by atoms with Crippen molar-refractivity contribution in [2.45, 2.75) is 31.3 Å². The van der Waals surface area contributed by atoms with Crippen LogP contribution in [0.15, 0.2) is 24.5 Å². The summed E-state index contributed by atoms with van der Waals surface area (Å²) in [5.74, 6) is -0.0344. The zero-order valence-corrected chi connectivity index (χ0v) is 13.6. The predicted molar refractivity (Wildman–Crippen MR) is 86.0 cm³/mol. The zero-order valence-electron chi connectivity index (χ0n) is 12.9. The number of nitrogens with one attached hydrogen (secondary N) is 2. The second kappa shape index (κ2) is 7.27. The maximum atomic E-state index is 13.7. The van der Waals surface area contributed by atoms with Crippen LogP contribution in [-0.2, 0) is 11.2 Å². The highest BCUT2D eigenvalue weighted by atomic mass is 35.5. The number of aromatic amines is 1. The lowest BCUT2D eigenvalue weighted by Gasteiger charge is -2.15. The van der Waals surface area contributed by atoms with Gasteiger partial charge in [-0.25, -0.2) is 9.37 Å². The molecule has 0 spiro atoms. The van der Waals surface area contributed by atoms with Crippen LogP contribution in [0.1, 0.15) is 30.1 Å². The number of aromatic nitrogens is 3. The second-order valence-corrected chi connectivity index (χ2v) is 6.45. The third-order valence-corrected chi connectivity index (χ3v) is 4.79. The van der Waals surface area contributed by atoms with E-state index in [1.165, 1.54) is 18.5 Å². The first-order valence-electron chi connectivity index (χ1n) is 7.77. The lowest BCUT2D eigenvalue weighted by molar-refractivity contribution is -0.120. The minimum absolute atomic E-state index is 0.0693. The van der Waals surface area contributed by atoms with Crippen LogP contribution in [0.5, 0.6) is 0 Å². The molecule has 1 heterocycles. The van der Waals surface area contributed by atoms with Gasteiger partial charge >= 0.3 is 0 Å². The van der Waals surface area contributed by atoms with Gasteiger partial charge in [-0.3, -0.25) is 9.89 Å². The van der Waals surface area contributed by atoms with Crippen molar-refractivity contribution in [1.29, 1.82) is 0 Å². The van der Waals surface area contributed by atoms with Crippen LogP contribution in [0, 0.1) is 11.7 Å². The number of hydrogen-bond donors (Lipinski definition) is 3. The molecular formula is C16H18ClFN4O2. The summed E-state index contributed by atoms with van der Waals surface area (Å²) in [6, 6.07) is 4.32. The first-order chi connectivity index (χ1) is 11.5. The van der Waals surface area contributed by atoms with Crippen molar-refractivity contribution >= 4 is 17.5 Å². The molecule has 1 unspecified atom stereocenters. The maximum Gasteiger partial charge on any atom is 0.224 e. The molecule has 1 aromatic heterocycles. The number of carbonyl (C=O) groups excluding carboxylic acids is 1. The number of aliphatic hydroxyl groups excluding tert-OH is 1. The zero-order chi connectivity index (χ0) is 17.1. The third-order valence-electron chi connectivity index (χ3n) is 4.44. The van der Waals surface area contributed by atoms with E-state index in [2.05, 4.69) is 20.5 Å². The van der Waals surface area contributed by atoms with Gasteiger partial charge in [-0.05, 0) is 25.0 Å². The normalized spacial score (nSPS) is 23.4. The van der Waals surface area contributed by atoms with Crippen molar-refractivity contribution in [3.05, 3.63) is 46.8 Å². The Morgan fingerprint density at radius 2 is 2.29 bits per heavy atom. The Labute approximate surface area is 143 Å². The van der Waals surface area contributed by atoms with Crippen molar-refractivity contribution in [2.24, 2.45) is 5.92 Å². The molecule has 0 saturated heterocycles. The number of nitrogens with zero attached hydrogens (tertiary/aromatic N) is 2. The second-order valence-electron chi connectivity index (χ2n) is 6.05. The molecule has 128 valence electrons. The Morgan fingerprint density at radius 3 is 3.00 bits per heavy atom. The molecule has 0 bridgehead atoms. The number of rotatable bonds is 5. The van der Waals surface area contributed by atoms with E-state index in [4.69, 9.17) is 11.6 Å². The molecule has 3 rings (SSSR count). The Hall–Kier alpha value is -1.99. The molecule has 3 atom stereocenters. The first-order valence-corrected chi connectivity index (χ1v) is 8.15. The summed E-state index contributed by atoms with van der Waals surface area (Å²) in [6.07, 6.45) is 2.08. The standard InChI is InChI=1S/C16H18ClFN4O2/c17-12-2-1-3-13(18)11(12)6-15(24)19-7-10-4-9(5-14(10)23)16-20-8-21-22-16/h1-3,8-10,14,23H,4-7H2,(H,19,24)(H,20,21,22)/t9?,10-,14-/m1/s1. The van der Waals surface area contributed by atoms with Crippen molar-refractivity contribution in [2.75, 3.05) is 6.54 Å². The van der Waals surface area contributed by atoms with Crippen molar-refractivity contribution in [1.82, 2.24) is 20.5 Å². The number of carbonyl (C=O) groups is 1. The molecule has 1 aromatic carbocycles. The highest BCUT2D eigenvalue weighted by Crippen LogP contribution is 2.36. The molecule has 8 heteroatoms. The lowest BCUT2D eigenvalue weighted by atomic mass is 10.0. The number of hydrogen-bond acceptors (Lipinski definition) is 4. The summed E-state index contributed by atoms with van der Waals surface area (Å²) in [6.45, 7) is 0.330. The van der Waals surface area contributed by atoms with E-state index in [0.717, 1.165) is 5.82 Å². The molecule has 1 saturated carbocycles. The molecule has 1 amide bonds. The van der Waals surface area contributed by atoms with Crippen molar-refractivity contribution in [3.8, 4) is 0 Å². The summed E-state index contributed by atoms with van der Waals surface area (Å²) in [4.78, 5) is 16.2. The highest BCUT2D eigenvalue weighted by Gasteiger charge is 2.35. The fourth-order valence-corrected chi connectivity index (χ4v) is 3.36. The van der Waals surface area contributed by atoms with Crippen LogP contribution >= 0.6 is 11.6 Å². The van der Waals surface area contributed by atoms with E-state index in [0.29, 0.717) is 19.4 Å². The summed E-state index contributed by atoms with van der Waals surface area (Å²) < 4.78 is 13.7. The molecule has 1 aliphatic rings. The Balaban J connectivity index is 1.53. The smallest absolute Gasteiger partial charge is 0.224 e. The van der Waals surface area contributed by atoms with Gasteiger partial charge in [-0.15, -0.1) is 0 Å². The number of benzene rings is 1. The quantitative estimate of drug-likeness (QED) is 0.765. The first kappa shape index (κ1) is 16.9. The molecule has 0 aliphatic heterocycles. The molecule has 0 radical (unpaired) electrons. The number of amides is 1. The van der Waals surface area contributed by atoms with Crippen LogP contribution in [-0.4, -0.2) is 38.8 Å². The minimum atomic E-state index is -0.516. The molecule has 6 nitrogen and oxygen atoms in total. The van der Waals surface area contributed by atoms with Crippen LogP contribution in [0.25, 0.3) is 0 Å². The van der Waals surface area contributed by atoms with Gasteiger partial charge in [-0.2, -0.15) is 5.10 Å². The number of aliphatic hydroxyl groups is 1. The van der Waals surface area contributed by atoms with Gasteiger partial charge in [0.25, 0.3) is 0 Å². The van der Waals surface area contributed by atoms with Gasteiger partial charge in [0.05, 0.1) is 12.5 Å². The highest BCUT2D eigenvalue weighted by molar-refractivity contribution is 6.31. The van der Waals surface area contributed by atoms with Gasteiger partial charge in [0.2, 0.25) is 5.91 Å². The molecule has 1 fully saturated rings. The van der Waals surface area contributed by atoms with Crippen LogP contribution in [0.4, 0.5) is 4.39 Å². The van der Waals surface area contributed by atoms with Gasteiger partial charge in [0.15, 0.2) is 0 Å². The van der Waals surface area contributed by atoms with E-state index in [1.54, 1.807) is 6.07 Å². The van der Waals surface area contributed by atoms with Crippen LogP contribution < -0.4 is 5.32 Å². The van der Waals surface area contributed by atoms with E-state index in [9.17, 15) is 14.3 Å². The molecule has 3 N–H and O–H groups in total. The van der Waals surface area contributed by atoms with E-state index < -0.39 is 11.9 Å².